The summed E-state index contributed by atoms with van der Waals surface area (Å²) in [6.07, 6.45) is 2.26. The molecule has 0 saturated heterocycles. The van der Waals surface area contributed by atoms with Crippen LogP contribution in [0.5, 0.6) is 0 Å². The zero-order chi connectivity index (χ0) is 15.5. The van der Waals surface area contributed by atoms with Crippen molar-refractivity contribution in [3.05, 3.63) is 84.4 Å². The highest BCUT2D eigenvalue weighted by Crippen LogP contribution is 2.39. The molecule has 1 nitrogen and oxygen atoms in total. The molecule has 23 heavy (non-hydrogen) atoms. The number of rotatable bonds is 3. The van der Waals surface area contributed by atoms with E-state index in [0.29, 0.717) is 0 Å². The van der Waals surface area contributed by atoms with Gasteiger partial charge in [0.25, 0.3) is 0 Å². The molecule has 0 bridgehead atoms. The van der Waals surface area contributed by atoms with Gasteiger partial charge < -0.3 is 0 Å². The second-order valence-electron chi connectivity index (χ2n) is 5.30. The molecule has 0 fully saturated rings. The fourth-order valence-electron chi connectivity index (χ4n) is 2.59. The molecule has 3 heteroatoms. The van der Waals surface area contributed by atoms with Crippen molar-refractivity contribution in [1.29, 1.82) is 0 Å². The normalized spacial score (nSPS) is 13.3. The van der Waals surface area contributed by atoms with Crippen molar-refractivity contribution in [2.24, 2.45) is 0 Å². The van der Waals surface area contributed by atoms with Crippen LogP contribution in [-0.4, -0.2) is 16.7 Å². The van der Waals surface area contributed by atoms with Crippen LogP contribution in [0.1, 0.15) is 5.56 Å². The number of benzene rings is 3. The van der Waals surface area contributed by atoms with Gasteiger partial charge in [0.1, 0.15) is 0 Å². The first-order chi connectivity index (χ1) is 11.4. The smallest absolute Gasteiger partial charge is 0.188 e. The Morgan fingerprint density at radius 3 is 2.30 bits per heavy atom. The van der Waals surface area contributed by atoms with Gasteiger partial charge >= 0.3 is 0 Å². The van der Waals surface area contributed by atoms with Crippen LogP contribution in [-0.2, 0) is 0 Å². The van der Waals surface area contributed by atoms with Gasteiger partial charge in [-0.1, -0.05) is 66.0 Å². The third-order valence-corrected chi connectivity index (χ3v) is 6.06. The Labute approximate surface area is 145 Å². The van der Waals surface area contributed by atoms with Gasteiger partial charge in [-0.3, -0.25) is 0 Å². The van der Waals surface area contributed by atoms with E-state index in [9.17, 15) is 0 Å². The van der Waals surface area contributed by atoms with Crippen LogP contribution in [0.2, 0.25) is 0 Å². The van der Waals surface area contributed by atoms with E-state index in [0.717, 1.165) is 5.88 Å². The first kappa shape index (κ1) is 14.6. The van der Waals surface area contributed by atoms with Crippen LogP contribution in [0.15, 0.2) is 93.5 Å². The number of para-hydroxylation sites is 1. The maximum absolute atomic E-state index is 2.31. The maximum atomic E-state index is 2.31. The van der Waals surface area contributed by atoms with E-state index in [-0.39, 0.29) is 0 Å². The Morgan fingerprint density at radius 1 is 0.783 bits per heavy atom. The molecule has 0 aliphatic carbocycles. The highest BCUT2D eigenvalue weighted by molar-refractivity contribution is 8.02. The molecule has 3 aromatic carbocycles. The van der Waals surface area contributed by atoms with Gasteiger partial charge in [-0.05, 0) is 24.3 Å². The topological polar surface area (TPSA) is 3.01 Å². The Morgan fingerprint density at radius 2 is 1.52 bits per heavy atom. The fourth-order valence-corrected chi connectivity index (χ4v) is 4.79. The molecule has 0 radical (unpaired) electrons. The minimum atomic E-state index is 0.948. The average molecular weight is 334 g/mol. The summed E-state index contributed by atoms with van der Waals surface area (Å²) in [5.41, 5.74) is 2.54. The summed E-state index contributed by atoms with van der Waals surface area (Å²) < 4.78 is 2.31. The second-order valence-corrected chi connectivity index (χ2v) is 7.37. The summed E-state index contributed by atoms with van der Waals surface area (Å²) in [4.78, 5) is 4.00. The van der Waals surface area contributed by atoms with E-state index in [1.165, 1.54) is 25.9 Å². The van der Waals surface area contributed by atoms with E-state index in [4.69, 9.17) is 0 Å². The molecular weight excluding hydrogens is 318 g/mol. The quantitative estimate of drug-likeness (QED) is 0.568. The number of hydrogen-bond donors (Lipinski definition) is 0. The number of nitrogens with zero attached hydrogens (tertiary/aromatic N) is 1. The lowest BCUT2D eigenvalue weighted by molar-refractivity contribution is -0.411. The number of fused-ring (bicyclic) bond motifs is 1. The van der Waals surface area contributed by atoms with Gasteiger partial charge in [-0.15, -0.1) is 0 Å². The molecule has 0 N–H and O–H groups in total. The van der Waals surface area contributed by atoms with Crippen LogP contribution in [0.3, 0.4) is 0 Å². The van der Waals surface area contributed by atoms with Crippen LogP contribution < -0.4 is 0 Å². The van der Waals surface area contributed by atoms with Gasteiger partial charge in [0.2, 0.25) is 5.69 Å². The van der Waals surface area contributed by atoms with Crippen LogP contribution in [0.25, 0.3) is 0 Å². The molecule has 0 unspecified atom stereocenters. The summed E-state index contributed by atoms with van der Waals surface area (Å²) >= 11 is 3.75. The zero-order valence-corrected chi connectivity index (χ0v) is 14.2. The Hall–Kier alpha value is -1.97. The molecule has 112 valence electrons. The van der Waals surface area contributed by atoms with Crippen molar-refractivity contribution in [1.82, 2.24) is 0 Å². The third-order valence-electron chi connectivity index (χ3n) is 3.71. The van der Waals surface area contributed by atoms with E-state index in [1.807, 2.05) is 23.5 Å². The van der Waals surface area contributed by atoms with Gasteiger partial charge in [0.05, 0.1) is 5.56 Å². The van der Waals surface area contributed by atoms with Crippen molar-refractivity contribution in [3.63, 3.8) is 0 Å². The predicted molar refractivity (Wildman–Crippen MR) is 99.3 cm³/mol. The van der Waals surface area contributed by atoms with Gasteiger partial charge in [0, 0.05) is 26.8 Å². The van der Waals surface area contributed by atoms with Crippen LogP contribution in [0.4, 0.5) is 5.69 Å². The molecule has 0 saturated carbocycles. The molecule has 4 rings (SSSR count). The SMILES string of the molecule is C1=[N+](c2ccccc2)CSc2c1cccc2Sc1ccccc1. The molecule has 0 amide bonds. The van der Waals surface area contributed by atoms with Crippen LogP contribution >= 0.6 is 23.5 Å². The second kappa shape index (κ2) is 6.65. The number of hydrogen-bond acceptors (Lipinski definition) is 2. The highest BCUT2D eigenvalue weighted by atomic mass is 32.2. The maximum Gasteiger partial charge on any atom is 0.205 e. The lowest BCUT2D eigenvalue weighted by atomic mass is 10.2. The minimum Gasteiger partial charge on any atom is -0.188 e. The van der Waals surface area contributed by atoms with E-state index in [2.05, 4.69) is 89.7 Å². The summed E-state index contributed by atoms with van der Waals surface area (Å²) in [6.45, 7) is 0. The summed E-state index contributed by atoms with van der Waals surface area (Å²) in [6, 6.07) is 27.7. The van der Waals surface area contributed by atoms with Crippen molar-refractivity contribution in [3.8, 4) is 0 Å². The molecule has 3 aromatic rings. The Bertz CT molecular complexity index is 842. The highest BCUT2D eigenvalue weighted by Gasteiger charge is 2.21. The lowest BCUT2D eigenvalue weighted by Gasteiger charge is -2.15. The molecule has 0 spiro atoms. The summed E-state index contributed by atoms with van der Waals surface area (Å²) in [5.74, 6) is 0.948. The first-order valence-corrected chi connectivity index (χ1v) is 9.36. The molecule has 0 atom stereocenters. The van der Waals surface area contributed by atoms with Crippen molar-refractivity contribution < 1.29 is 4.58 Å². The molecular formula is C20H16NS2+. The predicted octanol–water partition coefficient (Wildman–Crippen LogP) is 5.66. The number of thioether (sulfide) groups is 1. The van der Waals surface area contributed by atoms with Crippen molar-refractivity contribution in [2.75, 3.05) is 5.88 Å². The fraction of sp³-hybridized carbons (Fsp3) is 0.0500. The lowest BCUT2D eigenvalue weighted by Crippen LogP contribution is -2.12. The van der Waals surface area contributed by atoms with E-state index >= 15 is 0 Å². The minimum absolute atomic E-state index is 0.948. The molecule has 1 aliphatic rings. The van der Waals surface area contributed by atoms with Crippen LogP contribution in [0, 0.1) is 0 Å². The molecule has 1 heterocycles. The van der Waals surface area contributed by atoms with Gasteiger partial charge in [0.15, 0.2) is 12.1 Å². The van der Waals surface area contributed by atoms with Gasteiger partial charge in [-0.2, -0.15) is 4.58 Å². The van der Waals surface area contributed by atoms with E-state index in [1.54, 1.807) is 0 Å². The van der Waals surface area contributed by atoms with E-state index < -0.39 is 0 Å². The average Bonchev–Trinajstić information content (AvgIpc) is 2.63. The Balaban J connectivity index is 1.69. The molecule has 1 aliphatic heterocycles. The summed E-state index contributed by atoms with van der Waals surface area (Å²) in [7, 11) is 0. The Kier molecular flexibility index (Phi) is 4.22. The first-order valence-electron chi connectivity index (χ1n) is 7.55. The zero-order valence-electron chi connectivity index (χ0n) is 12.6. The standard InChI is InChI=1S/C20H16NS2/c1-3-9-17(10-4-1)21-14-16-8-7-13-19(20(16)22-15-21)23-18-11-5-2-6-12-18/h1-14H,15H2/q+1. The summed E-state index contributed by atoms with van der Waals surface area (Å²) in [5, 5.41) is 0. The monoisotopic (exact) mass is 334 g/mol. The third kappa shape index (κ3) is 3.21. The van der Waals surface area contributed by atoms with Gasteiger partial charge in [-0.25, -0.2) is 0 Å². The van der Waals surface area contributed by atoms with Crippen molar-refractivity contribution in [2.45, 2.75) is 14.7 Å². The van der Waals surface area contributed by atoms with Crippen molar-refractivity contribution >= 4 is 35.4 Å². The molecule has 0 aromatic heterocycles. The largest absolute Gasteiger partial charge is 0.205 e.